The molecule has 0 spiro atoms. The maximum absolute atomic E-state index is 14.8. The Bertz CT molecular complexity index is 1100. The molecule has 2 saturated heterocycles. The van der Waals surface area contributed by atoms with Gasteiger partial charge in [0.15, 0.2) is 5.69 Å². The number of aromatic nitrogens is 2. The maximum Gasteiger partial charge on any atom is 0.273 e. The minimum absolute atomic E-state index is 0.0854. The van der Waals surface area contributed by atoms with Crippen LogP contribution in [0.5, 0.6) is 0 Å². The van der Waals surface area contributed by atoms with Crippen LogP contribution in [0, 0.1) is 23.1 Å². The molecule has 0 unspecified atom stereocenters. The number of carbonyl (C=O) groups excluding carboxylic acids is 3. The van der Waals surface area contributed by atoms with Crippen molar-refractivity contribution < 1.29 is 23.5 Å². The molecule has 1 atom stereocenters. The molecule has 3 amide bonds. The van der Waals surface area contributed by atoms with Gasteiger partial charge in [-0.3, -0.25) is 19.1 Å². The third-order valence-electron chi connectivity index (χ3n) is 6.69. The summed E-state index contributed by atoms with van der Waals surface area (Å²) >= 11 is 0. The summed E-state index contributed by atoms with van der Waals surface area (Å²) in [6, 6.07) is 3.72. The first-order chi connectivity index (χ1) is 16.1. The van der Waals surface area contributed by atoms with E-state index in [2.05, 4.69) is 10.4 Å². The van der Waals surface area contributed by atoms with Crippen LogP contribution in [0.25, 0.3) is 10.9 Å². The summed E-state index contributed by atoms with van der Waals surface area (Å²) in [6.45, 7) is 7.82. The lowest BCUT2D eigenvalue weighted by molar-refractivity contribution is -0.145. The van der Waals surface area contributed by atoms with Crippen LogP contribution in [0.4, 0.5) is 4.39 Å². The van der Waals surface area contributed by atoms with Gasteiger partial charge in [-0.25, -0.2) is 4.39 Å². The van der Waals surface area contributed by atoms with Crippen LogP contribution in [0.2, 0.25) is 0 Å². The Balaban J connectivity index is 1.59. The van der Waals surface area contributed by atoms with Crippen molar-refractivity contribution in [1.29, 1.82) is 0 Å². The van der Waals surface area contributed by atoms with Crippen molar-refractivity contribution in [3.8, 4) is 0 Å². The van der Waals surface area contributed by atoms with Gasteiger partial charge in [0.1, 0.15) is 17.4 Å². The second kappa shape index (κ2) is 9.32. The third-order valence-corrected chi connectivity index (χ3v) is 6.69. The standard InChI is InChI=1S/C24H32FN5O4/c1-24(2,3)20(23(33)29-12-15(13-29)21(26)31)27-22(32)18-16-5-4-6-17(25)19(16)30(28-18)11-14-7-9-34-10-8-14/h4-6,14-15,20H,7-13H2,1-3H3,(H2,26,31)(H,27,32)/t20-/m1/s1. The van der Waals surface area contributed by atoms with Crippen LogP contribution in [0.1, 0.15) is 44.1 Å². The molecule has 3 N–H and O–H groups in total. The Morgan fingerprint density at radius 1 is 1.24 bits per heavy atom. The van der Waals surface area contributed by atoms with E-state index in [1.807, 2.05) is 20.8 Å². The van der Waals surface area contributed by atoms with E-state index >= 15 is 0 Å². The van der Waals surface area contributed by atoms with Crippen molar-refractivity contribution in [1.82, 2.24) is 20.0 Å². The average Bonchev–Trinajstić information content (AvgIpc) is 3.10. The Kier molecular flexibility index (Phi) is 6.62. The van der Waals surface area contributed by atoms with Crippen LogP contribution < -0.4 is 11.1 Å². The number of primary amides is 1. The first-order valence-electron chi connectivity index (χ1n) is 11.7. The number of hydrogen-bond acceptors (Lipinski definition) is 5. The van der Waals surface area contributed by atoms with Gasteiger partial charge in [0, 0.05) is 38.2 Å². The van der Waals surface area contributed by atoms with Gasteiger partial charge in [-0.15, -0.1) is 0 Å². The van der Waals surface area contributed by atoms with Crippen molar-refractivity contribution in [2.75, 3.05) is 26.3 Å². The summed E-state index contributed by atoms with van der Waals surface area (Å²) in [5.74, 6) is -1.80. The number of halogens is 1. The molecule has 2 aromatic rings. The van der Waals surface area contributed by atoms with Crippen LogP contribution in [-0.4, -0.2) is 64.7 Å². The molecule has 9 nitrogen and oxygen atoms in total. The summed E-state index contributed by atoms with van der Waals surface area (Å²) in [6.07, 6.45) is 1.69. The van der Waals surface area contributed by atoms with Gasteiger partial charge in [0.05, 0.1) is 5.92 Å². The van der Waals surface area contributed by atoms with E-state index in [4.69, 9.17) is 10.5 Å². The van der Waals surface area contributed by atoms with E-state index in [9.17, 15) is 18.8 Å². The predicted octanol–water partition coefficient (Wildman–Crippen LogP) is 1.69. The van der Waals surface area contributed by atoms with Crippen molar-refractivity contribution in [2.45, 2.75) is 46.2 Å². The number of rotatable bonds is 6. The number of fused-ring (bicyclic) bond motifs is 1. The van der Waals surface area contributed by atoms with Gasteiger partial charge in [0.2, 0.25) is 11.8 Å². The number of hydrogen-bond donors (Lipinski definition) is 2. The highest BCUT2D eigenvalue weighted by Crippen LogP contribution is 2.28. The molecular weight excluding hydrogens is 441 g/mol. The number of nitrogens with one attached hydrogen (secondary N) is 1. The molecular formula is C24H32FN5O4. The fraction of sp³-hybridized carbons (Fsp3) is 0.583. The van der Waals surface area contributed by atoms with Crippen molar-refractivity contribution >= 4 is 28.6 Å². The Labute approximate surface area is 197 Å². The maximum atomic E-state index is 14.8. The van der Waals surface area contributed by atoms with E-state index in [1.54, 1.807) is 16.8 Å². The lowest BCUT2D eigenvalue weighted by Gasteiger charge is -2.42. The minimum Gasteiger partial charge on any atom is -0.381 e. The molecule has 3 heterocycles. The molecule has 0 aliphatic carbocycles. The van der Waals surface area contributed by atoms with Crippen molar-refractivity contribution in [2.24, 2.45) is 23.0 Å². The Hall–Kier alpha value is -3.01. The number of ether oxygens (including phenoxy) is 1. The van der Waals surface area contributed by atoms with Crippen molar-refractivity contribution in [3.63, 3.8) is 0 Å². The molecule has 2 fully saturated rings. The number of amides is 3. The topological polar surface area (TPSA) is 120 Å². The fourth-order valence-electron chi connectivity index (χ4n) is 4.54. The normalized spacial score (nSPS) is 18.5. The average molecular weight is 474 g/mol. The quantitative estimate of drug-likeness (QED) is 0.662. The summed E-state index contributed by atoms with van der Waals surface area (Å²) < 4.78 is 21.8. The number of likely N-dealkylation sites (tertiary alicyclic amines) is 1. The fourth-order valence-corrected chi connectivity index (χ4v) is 4.54. The van der Waals surface area contributed by atoms with Crippen LogP contribution >= 0.6 is 0 Å². The van der Waals surface area contributed by atoms with Crippen LogP contribution in [0.15, 0.2) is 18.2 Å². The summed E-state index contributed by atoms with van der Waals surface area (Å²) in [4.78, 5) is 39.4. The van der Waals surface area contributed by atoms with E-state index in [1.165, 1.54) is 11.0 Å². The molecule has 34 heavy (non-hydrogen) atoms. The molecule has 2 aliphatic rings. The number of nitrogens with zero attached hydrogens (tertiary/aromatic N) is 3. The SMILES string of the molecule is CC(C)(C)[C@H](NC(=O)c1nn(CC2CCOCC2)c2c(F)cccc12)C(=O)N1CC(C(N)=O)C1. The Morgan fingerprint density at radius 2 is 1.91 bits per heavy atom. The zero-order chi connectivity index (χ0) is 24.6. The predicted molar refractivity (Wildman–Crippen MR) is 123 cm³/mol. The minimum atomic E-state index is -0.849. The monoisotopic (exact) mass is 473 g/mol. The molecule has 1 aromatic carbocycles. The van der Waals surface area contributed by atoms with Gasteiger partial charge in [-0.05, 0) is 30.2 Å². The molecule has 0 saturated carbocycles. The highest BCUT2D eigenvalue weighted by molar-refractivity contribution is 6.06. The Morgan fingerprint density at radius 3 is 2.53 bits per heavy atom. The van der Waals surface area contributed by atoms with E-state index < -0.39 is 29.1 Å². The summed E-state index contributed by atoms with van der Waals surface area (Å²) in [7, 11) is 0. The van der Waals surface area contributed by atoms with Gasteiger partial charge in [-0.1, -0.05) is 32.9 Å². The molecule has 2 aliphatic heterocycles. The largest absolute Gasteiger partial charge is 0.381 e. The smallest absolute Gasteiger partial charge is 0.273 e. The molecule has 0 radical (unpaired) electrons. The second-order valence-corrected chi connectivity index (χ2v) is 10.3. The third kappa shape index (κ3) is 4.77. The lowest BCUT2D eigenvalue weighted by Crippen LogP contribution is -2.62. The number of para-hydroxylation sites is 1. The molecule has 0 bridgehead atoms. The molecule has 10 heteroatoms. The van der Waals surface area contributed by atoms with E-state index in [0.717, 1.165) is 12.8 Å². The number of benzene rings is 1. The second-order valence-electron chi connectivity index (χ2n) is 10.3. The summed E-state index contributed by atoms with van der Waals surface area (Å²) in [5, 5.41) is 7.73. The van der Waals surface area contributed by atoms with E-state index in [0.29, 0.717) is 25.1 Å². The summed E-state index contributed by atoms with van der Waals surface area (Å²) in [5.41, 5.74) is 5.08. The van der Waals surface area contributed by atoms with Crippen molar-refractivity contribution in [3.05, 3.63) is 29.7 Å². The van der Waals surface area contributed by atoms with Crippen LogP contribution in [0.3, 0.4) is 0 Å². The molecule has 184 valence electrons. The lowest BCUT2D eigenvalue weighted by atomic mass is 9.84. The first kappa shape index (κ1) is 24.1. The number of nitrogens with two attached hydrogens (primary N) is 1. The highest BCUT2D eigenvalue weighted by atomic mass is 19.1. The zero-order valence-electron chi connectivity index (χ0n) is 19.8. The van der Waals surface area contributed by atoms with Gasteiger partial charge in [-0.2, -0.15) is 5.10 Å². The van der Waals surface area contributed by atoms with Gasteiger partial charge in [0.25, 0.3) is 5.91 Å². The van der Waals surface area contributed by atoms with E-state index in [-0.39, 0.29) is 42.0 Å². The van der Waals surface area contributed by atoms with Gasteiger partial charge >= 0.3 is 0 Å². The number of carbonyl (C=O) groups is 3. The van der Waals surface area contributed by atoms with Crippen LogP contribution in [-0.2, 0) is 20.9 Å². The molecule has 1 aromatic heterocycles. The van der Waals surface area contributed by atoms with Gasteiger partial charge < -0.3 is 20.7 Å². The molecule has 4 rings (SSSR count). The highest BCUT2D eigenvalue weighted by Gasteiger charge is 2.42. The first-order valence-corrected chi connectivity index (χ1v) is 11.7. The zero-order valence-corrected chi connectivity index (χ0v) is 19.8.